The van der Waals surface area contributed by atoms with Crippen molar-refractivity contribution in [2.45, 2.75) is 26.2 Å². The van der Waals surface area contributed by atoms with Crippen molar-refractivity contribution >= 4 is 33.0 Å². The number of hydrogen-bond donors (Lipinski definition) is 0. The van der Waals surface area contributed by atoms with Gasteiger partial charge in [-0.2, -0.15) is 0 Å². The second kappa shape index (κ2) is 4.42. The maximum absolute atomic E-state index is 12.2. The summed E-state index contributed by atoms with van der Waals surface area (Å²) in [5.41, 5.74) is 0.656. The molecule has 0 aliphatic rings. The molecule has 0 spiro atoms. The summed E-state index contributed by atoms with van der Waals surface area (Å²) in [6.07, 6.45) is 1.51. The number of hydrogen-bond acceptors (Lipinski definition) is 3. The monoisotopic (exact) mass is 312 g/mol. The van der Waals surface area contributed by atoms with Crippen molar-refractivity contribution in [3.05, 3.63) is 44.4 Å². The molecule has 0 radical (unpaired) electrons. The Bertz CT molecular complexity index is 546. The third kappa shape index (κ3) is 2.53. The lowest BCUT2D eigenvalue weighted by atomic mass is 9.95. The van der Waals surface area contributed by atoms with Crippen LogP contribution >= 0.6 is 27.3 Å². The number of carbonyl (C=O) groups excluding carboxylic acids is 1. The minimum Gasteiger partial charge on any atom is -0.457 e. The molecule has 0 aliphatic heterocycles. The molecule has 0 saturated carbocycles. The van der Waals surface area contributed by atoms with E-state index in [1.807, 2.05) is 12.1 Å². The summed E-state index contributed by atoms with van der Waals surface area (Å²) in [5, 5.41) is 0. The maximum Gasteiger partial charge on any atom is 0.207 e. The van der Waals surface area contributed by atoms with Gasteiger partial charge in [0.1, 0.15) is 0 Å². The van der Waals surface area contributed by atoms with Crippen molar-refractivity contribution in [2.24, 2.45) is 0 Å². The van der Waals surface area contributed by atoms with Crippen molar-refractivity contribution < 1.29 is 9.21 Å². The summed E-state index contributed by atoms with van der Waals surface area (Å²) in [6.45, 7) is 6.42. The molecule has 2 heterocycles. The molecule has 0 saturated heterocycles. The minimum atomic E-state index is 0.00567. The van der Waals surface area contributed by atoms with Crippen LogP contribution in [0.3, 0.4) is 0 Å². The van der Waals surface area contributed by atoms with Crippen LogP contribution in [0, 0.1) is 0 Å². The van der Waals surface area contributed by atoms with E-state index in [4.69, 9.17) is 4.42 Å². The van der Waals surface area contributed by atoms with Gasteiger partial charge in [0.2, 0.25) is 5.78 Å². The zero-order valence-electron chi connectivity index (χ0n) is 9.91. The summed E-state index contributed by atoms with van der Waals surface area (Å²) in [6, 6.07) is 5.59. The number of ketones is 1. The normalized spacial score (nSPS) is 11.8. The van der Waals surface area contributed by atoms with E-state index in [9.17, 15) is 4.79 Å². The first-order valence-corrected chi connectivity index (χ1v) is 6.88. The molecule has 0 unspecified atom stereocenters. The minimum absolute atomic E-state index is 0.00567. The predicted octanol–water partition coefficient (Wildman–Crippen LogP) is 4.63. The second-order valence-corrected chi connectivity index (χ2v) is 6.66. The molecule has 90 valence electrons. The summed E-state index contributed by atoms with van der Waals surface area (Å²) in [5.74, 6) is 0.00567. The first-order chi connectivity index (χ1) is 7.89. The number of halogens is 1. The molecule has 2 aromatic heterocycles. The quantitative estimate of drug-likeness (QED) is 0.757. The average Bonchev–Trinajstić information content (AvgIpc) is 2.83. The van der Waals surface area contributed by atoms with E-state index >= 15 is 0 Å². The van der Waals surface area contributed by atoms with Crippen molar-refractivity contribution in [1.82, 2.24) is 0 Å². The van der Waals surface area contributed by atoms with E-state index < -0.39 is 0 Å². The van der Waals surface area contributed by atoms with Crippen molar-refractivity contribution in [2.75, 3.05) is 0 Å². The first kappa shape index (κ1) is 12.6. The van der Waals surface area contributed by atoms with Gasteiger partial charge >= 0.3 is 0 Å². The van der Waals surface area contributed by atoms with Crippen LogP contribution in [0.1, 0.15) is 40.9 Å². The van der Waals surface area contributed by atoms with E-state index in [1.54, 1.807) is 17.4 Å². The van der Waals surface area contributed by atoms with Crippen LogP contribution in [0.2, 0.25) is 0 Å². The van der Waals surface area contributed by atoms with Crippen LogP contribution in [-0.2, 0) is 5.41 Å². The summed E-state index contributed by atoms with van der Waals surface area (Å²) in [4.78, 5) is 14.1. The molecule has 17 heavy (non-hydrogen) atoms. The van der Waals surface area contributed by atoms with Crippen LogP contribution in [0.4, 0.5) is 0 Å². The second-order valence-electron chi connectivity index (χ2n) is 4.85. The Morgan fingerprint density at radius 1 is 1.29 bits per heavy atom. The smallest absolute Gasteiger partial charge is 0.207 e. The Balaban J connectivity index is 2.33. The third-order valence-corrected chi connectivity index (χ3v) is 4.56. The van der Waals surface area contributed by atoms with Crippen LogP contribution < -0.4 is 0 Å². The number of furan rings is 1. The van der Waals surface area contributed by atoms with Gasteiger partial charge in [-0.3, -0.25) is 4.79 Å². The fraction of sp³-hybridized carbons (Fsp3) is 0.308. The van der Waals surface area contributed by atoms with Gasteiger partial charge in [-0.1, -0.05) is 20.8 Å². The molecular weight excluding hydrogens is 300 g/mol. The highest BCUT2D eigenvalue weighted by atomic mass is 79.9. The molecular formula is C13H13BrO2S. The lowest BCUT2D eigenvalue weighted by Crippen LogP contribution is -2.07. The van der Waals surface area contributed by atoms with Crippen LogP contribution in [0.15, 0.2) is 33.5 Å². The van der Waals surface area contributed by atoms with E-state index in [-0.39, 0.29) is 11.2 Å². The molecule has 2 aromatic rings. The fourth-order valence-corrected chi connectivity index (χ4v) is 2.89. The molecule has 4 heteroatoms. The average molecular weight is 313 g/mol. The largest absolute Gasteiger partial charge is 0.457 e. The Labute approximate surface area is 113 Å². The number of thiophene rings is 1. The Morgan fingerprint density at radius 2 is 2.00 bits per heavy atom. The molecule has 0 N–H and O–H groups in total. The molecule has 0 amide bonds. The lowest BCUT2D eigenvalue weighted by molar-refractivity contribution is 0.104. The molecule has 0 aromatic carbocycles. The third-order valence-electron chi connectivity index (χ3n) is 2.43. The molecule has 2 nitrogen and oxygen atoms in total. The van der Waals surface area contributed by atoms with E-state index in [0.717, 1.165) is 4.88 Å². The van der Waals surface area contributed by atoms with Gasteiger partial charge in [0.15, 0.2) is 4.67 Å². The van der Waals surface area contributed by atoms with Crippen LogP contribution in [0.5, 0.6) is 0 Å². The Kier molecular flexibility index (Phi) is 3.27. The highest BCUT2D eigenvalue weighted by Crippen LogP contribution is 2.31. The van der Waals surface area contributed by atoms with Gasteiger partial charge in [0, 0.05) is 4.88 Å². The summed E-state index contributed by atoms with van der Waals surface area (Å²) < 4.78 is 5.58. The van der Waals surface area contributed by atoms with Gasteiger partial charge in [0.05, 0.1) is 16.7 Å². The fourth-order valence-electron chi connectivity index (χ4n) is 1.45. The van der Waals surface area contributed by atoms with Gasteiger partial charge < -0.3 is 4.42 Å². The van der Waals surface area contributed by atoms with E-state index in [2.05, 4.69) is 36.7 Å². The lowest BCUT2D eigenvalue weighted by Gasteiger charge is -2.15. The van der Waals surface area contributed by atoms with Crippen LogP contribution in [0.25, 0.3) is 0 Å². The molecule has 0 bridgehead atoms. The van der Waals surface area contributed by atoms with Crippen molar-refractivity contribution in [3.63, 3.8) is 0 Å². The maximum atomic E-state index is 12.2. The number of carbonyl (C=O) groups is 1. The number of rotatable bonds is 2. The molecule has 0 fully saturated rings. The highest BCUT2D eigenvalue weighted by Gasteiger charge is 2.21. The van der Waals surface area contributed by atoms with Gasteiger partial charge in [-0.25, -0.2) is 0 Å². The summed E-state index contributed by atoms with van der Waals surface area (Å²) >= 11 is 4.77. The van der Waals surface area contributed by atoms with Gasteiger partial charge in [0.25, 0.3) is 0 Å². The summed E-state index contributed by atoms with van der Waals surface area (Å²) in [7, 11) is 0. The predicted molar refractivity (Wildman–Crippen MR) is 72.9 cm³/mol. The van der Waals surface area contributed by atoms with Crippen molar-refractivity contribution in [1.29, 1.82) is 0 Å². The molecule has 2 rings (SSSR count). The Morgan fingerprint density at radius 3 is 2.47 bits per heavy atom. The zero-order valence-corrected chi connectivity index (χ0v) is 12.3. The van der Waals surface area contributed by atoms with E-state index in [0.29, 0.717) is 10.2 Å². The van der Waals surface area contributed by atoms with E-state index in [1.165, 1.54) is 11.1 Å². The molecule has 0 aliphatic carbocycles. The van der Waals surface area contributed by atoms with Crippen molar-refractivity contribution in [3.8, 4) is 0 Å². The highest BCUT2D eigenvalue weighted by molar-refractivity contribution is 9.10. The first-order valence-electron chi connectivity index (χ1n) is 5.27. The van der Waals surface area contributed by atoms with Crippen LogP contribution in [-0.4, -0.2) is 5.78 Å². The molecule has 0 atom stereocenters. The standard InChI is InChI=1S/C13H13BrO2S/c1-13(2,3)10-5-4-9(17-10)11(15)8-6-7-16-12(8)14/h4-7H,1-3H3. The SMILES string of the molecule is CC(C)(C)c1ccc(C(=O)c2ccoc2Br)s1. The zero-order chi connectivity index (χ0) is 12.6. The van der Waals surface area contributed by atoms with Gasteiger partial charge in [-0.15, -0.1) is 11.3 Å². The topological polar surface area (TPSA) is 30.2 Å². The Hall–Kier alpha value is -0.870. The van der Waals surface area contributed by atoms with Gasteiger partial charge in [-0.05, 0) is 39.5 Å².